The van der Waals surface area contributed by atoms with Gasteiger partial charge >= 0.3 is 0 Å². The first-order valence-corrected chi connectivity index (χ1v) is 7.09. The van der Waals surface area contributed by atoms with Crippen molar-refractivity contribution in [3.8, 4) is 17.9 Å². The molecule has 104 valence electrons. The molecule has 2 rings (SSSR count). The number of anilines is 1. The molecule has 0 bridgehead atoms. The highest BCUT2D eigenvalue weighted by Gasteiger charge is 2.13. The Hall–Kier alpha value is -2.31. The normalized spacial score (nSPS) is 9.38. The number of amides is 1. The molecule has 6 heteroatoms. The standard InChI is InChI=1S/C15H9ClN2O2S/c16-12-8-10(9-17)3-4-13(12)18-15(20)14-11(2-1-6-19)5-7-21-14/h3-5,7-8,19H,6H2,(H,18,20). The Labute approximate surface area is 130 Å². The predicted octanol–water partition coefficient (Wildman–Crippen LogP) is 2.87. The first-order valence-electron chi connectivity index (χ1n) is 5.84. The van der Waals surface area contributed by atoms with E-state index in [-0.39, 0.29) is 12.5 Å². The molecule has 1 amide bonds. The number of nitrogens with zero attached hydrogens (tertiary/aromatic N) is 1. The summed E-state index contributed by atoms with van der Waals surface area (Å²) in [6.45, 7) is -0.266. The molecular formula is C15H9ClN2O2S. The molecule has 0 aliphatic carbocycles. The van der Waals surface area contributed by atoms with Crippen LogP contribution >= 0.6 is 22.9 Å². The number of benzene rings is 1. The fourth-order valence-corrected chi connectivity index (χ4v) is 2.56. The van der Waals surface area contributed by atoms with E-state index in [4.69, 9.17) is 22.0 Å². The van der Waals surface area contributed by atoms with E-state index >= 15 is 0 Å². The SMILES string of the molecule is N#Cc1ccc(NC(=O)c2sccc2C#CCO)c(Cl)c1. The second-order valence-electron chi connectivity index (χ2n) is 3.88. The lowest BCUT2D eigenvalue weighted by molar-refractivity contribution is 0.103. The van der Waals surface area contributed by atoms with E-state index in [1.165, 1.54) is 17.4 Å². The van der Waals surface area contributed by atoms with Gasteiger partial charge in [0.15, 0.2) is 0 Å². The summed E-state index contributed by atoms with van der Waals surface area (Å²) in [4.78, 5) is 12.7. The summed E-state index contributed by atoms with van der Waals surface area (Å²) in [7, 11) is 0. The summed E-state index contributed by atoms with van der Waals surface area (Å²) in [6, 6.07) is 8.31. The lowest BCUT2D eigenvalue weighted by Gasteiger charge is -2.06. The number of carbonyl (C=O) groups excluding carboxylic acids is 1. The van der Waals surface area contributed by atoms with Crippen LogP contribution in [0.25, 0.3) is 0 Å². The van der Waals surface area contributed by atoms with Crippen LogP contribution in [0.2, 0.25) is 5.02 Å². The number of hydrogen-bond donors (Lipinski definition) is 2. The van der Waals surface area contributed by atoms with Crippen LogP contribution in [0.4, 0.5) is 5.69 Å². The van der Waals surface area contributed by atoms with Crippen molar-refractivity contribution < 1.29 is 9.90 Å². The Bertz CT molecular complexity index is 781. The molecule has 0 spiro atoms. The monoisotopic (exact) mass is 316 g/mol. The van der Waals surface area contributed by atoms with Gasteiger partial charge in [-0.05, 0) is 29.6 Å². The zero-order valence-corrected chi connectivity index (χ0v) is 12.3. The molecule has 21 heavy (non-hydrogen) atoms. The van der Waals surface area contributed by atoms with Crippen LogP contribution in [0.1, 0.15) is 20.8 Å². The van der Waals surface area contributed by atoms with Crippen LogP contribution in [-0.2, 0) is 0 Å². The van der Waals surface area contributed by atoms with E-state index in [2.05, 4.69) is 17.2 Å². The van der Waals surface area contributed by atoms with Gasteiger partial charge in [0.2, 0.25) is 0 Å². The van der Waals surface area contributed by atoms with Gasteiger partial charge in [-0.25, -0.2) is 0 Å². The number of aliphatic hydroxyl groups is 1. The highest BCUT2D eigenvalue weighted by molar-refractivity contribution is 7.12. The third-order valence-corrected chi connectivity index (χ3v) is 3.75. The van der Waals surface area contributed by atoms with Crippen LogP contribution in [0, 0.1) is 23.2 Å². The van der Waals surface area contributed by atoms with Crippen LogP contribution in [0.3, 0.4) is 0 Å². The van der Waals surface area contributed by atoms with E-state index in [0.29, 0.717) is 26.7 Å². The molecule has 0 saturated carbocycles. The number of carbonyl (C=O) groups is 1. The number of nitrogens with one attached hydrogen (secondary N) is 1. The van der Waals surface area contributed by atoms with E-state index in [1.54, 1.807) is 23.6 Å². The van der Waals surface area contributed by atoms with Crippen LogP contribution in [0.5, 0.6) is 0 Å². The van der Waals surface area contributed by atoms with Crippen molar-refractivity contribution >= 4 is 34.5 Å². The largest absolute Gasteiger partial charge is 0.384 e. The number of nitriles is 1. The summed E-state index contributed by atoms with van der Waals surface area (Å²) in [5.74, 6) is 4.89. The Balaban J connectivity index is 2.23. The van der Waals surface area contributed by atoms with Gasteiger partial charge in [-0.15, -0.1) is 11.3 Å². The van der Waals surface area contributed by atoms with Gasteiger partial charge in [0.1, 0.15) is 11.5 Å². The minimum atomic E-state index is -0.334. The number of halogens is 1. The number of thiophene rings is 1. The van der Waals surface area contributed by atoms with Gasteiger partial charge in [-0.3, -0.25) is 4.79 Å². The first kappa shape index (κ1) is 15.1. The molecule has 0 radical (unpaired) electrons. The van der Waals surface area contributed by atoms with Gasteiger partial charge in [0, 0.05) is 5.56 Å². The average Bonchev–Trinajstić information content (AvgIpc) is 2.95. The lowest BCUT2D eigenvalue weighted by Crippen LogP contribution is -2.11. The Morgan fingerprint density at radius 2 is 2.24 bits per heavy atom. The molecule has 1 heterocycles. The smallest absolute Gasteiger partial charge is 0.267 e. The van der Waals surface area contributed by atoms with Crippen molar-refractivity contribution in [1.29, 1.82) is 5.26 Å². The van der Waals surface area contributed by atoms with Crippen molar-refractivity contribution in [2.45, 2.75) is 0 Å². The van der Waals surface area contributed by atoms with E-state index in [0.717, 1.165) is 0 Å². The van der Waals surface area contributed by atoms with Crippen molar-refractivity contribution in [1.82, 2.24) is 0 Å². The highest BCUT2D eigenvalue weighted by atomic mass is 35.5. The molecule has 2 N–H and O–H groups in total. The van der Waals surface area contributed by atoms with E-state index < -0.39 is 0 Å². The molecule has 0 saturated heterocycles. The molecule has 0 atom stereocenters. The summed E-state index contributed by atoms with van der Waals surface area (Å²) in [5, 5.41) is 22.2. The molecule has 0 aliphatic heterocycles. The molecule has 0 fully saturated rings. The zero-order chi connectivity index (χ0) is 15.2. The summed E-state index contributed by atoms with van der Waals surface area (Å²) in [5.41, 5.74) is 1.40. The average molecular weight is 317 g/mol. The maximum Gasteiger partial charge on any atom is 0.267 e. The minimum Gasteiger partial charge on any atom is -0.384 e. The third kappa shape index (κ3) is 3.62. The first-order chi connectivity index (χ1) is 10.2. The van der Waals surface area contributed by atoms with E-state index in [1.807, 2.05) is 6.07 Å². The van der Waals surface area contributed by atoms with Crippen molar-refractivity contribution in [2.75, 3.05) is 11.9 Å². The lowest BCUT2D eigenvalue weighted by atomic mass is 10.2. The molecule has 2 aromatic rings. The maximum atomic E-state index is 12.2. The van der Waals surface area contributed by atoms with Gasteiger partial charge in [-0.1, -0.05) is 23.4 Å². The topological polar surface area (TPSA) is 73.1 Å². The summed E-state index contributed by atoms with van der Waals surface area (Å²) >= 11 is 7.26. The number of rotatable bonds is 2. The maximum absolute atomic E-state index is 12.2. The van der Waals surface area contributed by atoms with Gasteiger partial charge < -0.3 is 10.4 Å². The highest BCUT2D eigenvalue weighted by Crippen LogP contribution is 2.25. The fraction of sp³-hybridized carbons (Fsp3) is 0.0667. The summed E-state index contributed by atoms with van der Waals surface area (Å²) < 4.78 is 0. The van der Waals surface area contributed by atoms with Gasteiger partial charge in [-0.2, -0.15) is 5.26 Å². The predicted molar refractivity (Wildman–Crippen MR) is 82.4 cm³/mol. The third-order valence-electron chi connectivity index (χ3n) is 2.52. The molecule has 1 aromatic heterocycles. The molecular weight excluding hydrogens is 308 g/mol. The second-order valence-corrected chi connectivity index (χ2v) is 5.21. The second kappa shape index (κ2) is 6.92. The summed E-state index contributed by atoms with van der Waals surface area (Å²) in [6.07, 6.45) is 0. The van der Waals surface area contributed by atoms with Gasteiger partial charge in [0.25, 0.3) is 5.91 Å². The zero-order valence-electron chi connectivity index (χ0n) is 10.7. The molecule has 1 aromatic carbocycles. The molecule has 4 nitrogen and oxygen atoms in total. The quantitative estimate of drug-likeness (QED) is 0.837. The van der Waals surface area contributed by atoms with Crippen LogP contribution in [0.15, 0.2) is 29.6 Å². The number of hydrogen-bond acceptors (Lipinski definition) is 4. The van der Waals surface area contributed by atoms with Crippen molar-refractivity contribution in [2.24, 2.45) is 0 Å². The van der Waals surface area contributed by atoms with Crippen LogP contribution in [-0.4, -0.2) is 17.6 Å². The number of aliphatic hydroxyl groups excluding tert-OH is 1. The fourth-order valence-electron chi connectivity index (χ4n) is 1.58. The Morgan fingerprint density at radius 3 is 2.90 bits per heavy atom. The van der Waals surface area contributed by atoms with Gasteiger partial charge in [0.05, 0.1) is 22.3 Å². The Kier molecular flexibility index (Phi) is 4.97. The minimum absolute atomic E-state index is 0.266. The van der Waals surface area contributed by atoms with Crippen molar-refractivity contribution in [3.63, 3.8) is 0 Å². The molecule has 0 unspecified atom stereocenters. The van der Waals surface area contributed by atoms with E-state index in [9.17, 15) is 4.79 Å². The van der Waals surface area contributed by atoms with Crippen molar-refractivity contribution in [3.05, 3.63) is 50.7 Å². The molecule has 0 aliphatic rings. The van der Waals surface area contributed by atoms with Crippen LogP contribution < -0.4 is 5.32 Å². The Morgan fingerprint density at radius 1 is 1.43 bits per heavy atom.